The monoisotopic (exact) mass is 329 g/mol. The van der Waals surface area contributed by atoms with E-state index in [1.54, 1.807) is 24.7 Å². The first-order valence-electron chi connectivity index (χ1n) is 7.78. The second-order valence-electron chi connectivity index (χ2n) is 5.41. The molecule has 0 atom stereocenters. The second-order valence-corrected chi connectivity index (χ2v) is 5.41. The number of benzene rings is 1. The summed E-state index contributed by atoms with van der Waals surface area (Å²) in [6.45, 7) is 0.415. The van der Waals surface area contributed by atoms with Crippen molar-refractivity contribution in [1.29, 1.82) is 0 Å². The van der Waals surface area contributed by atoms with Gasteiger partial charge in [-0.2, -0.15) is 0 Å². The van der Waals surface area contributed by atoms with Crippen LogP contribution in [0, 0.1) is 0 Å². The van der Waals surface area contributed by atoms with E-state index in [9.17, 15) is 0 Å². The third-order valence-corrected chi connectivity index (χ3v) is 3.66. The fraction of sp³-hybridized carbons (Fsp3) is 0.0556. The molecule has 3 N–H and O–H groups in total. The lowest BCUT2D eigenvalue weighted by atomic mass is 10.2. The van der Waals surface area contributed by atoms with Gasteiger partial charge < -0.3 is 11.1 Å². The maximum absolute atomic E-state index is 5.71. The van der Waals surface area contributed by atoms with Gasteiger partial charge in [0.15, 0.2) is 5.82 Å². The molecular weight excluding hydrogens is 314 g/mol. The molecule has 0 aliphatic heterocycles. The number of nitrogen functional groups attached to an aromatic ring is 1. The van der Waals surface area contributed by atoms with Crippen LogP contribution in [0.15, 0.2) is 61.1 Å². The van der Waals surface area contributed by atoms with E-state index in [1.165, 1.54) is 0 Å². The van der Waals surface area contributed by atoms with Crippen LogP contribution in [-0.4, -0.2) is 24.9 Å². The number of nitrogens with one attached hydrogen (secondary N) is 1. The predicted molar refractivity (Wildman–Crippen MR) is 96.5 cm³/mol. The molecule has 0 radical (unpaired) electrons. The van der Waals surface area contributed by atoms with Gasteiger partial charge >= 0.3 is 0 Å². The molecule has 122 valence electrons. The van der Waals surface area contributed by atoms with Gasteiger partial charge in [0.25, 0.3) is 0 Å². The molecule has 4 aromatic rings. The van der Waals surface area contributed by atoms with Crippen LogP contribution in [-0.2, 0) is 6.54 Å². The molecule has 0 bridgehead atoms. The number of nitrogens with two attached hydrogens (primary N) is 1. The van der Waals surface area contributed by atoms with Crippen LogP contribution >= 0.6 is 0 Å². The number of aromatic nitrogens is 5. The van der Waals surface area contributed by atoms with Crippen molar-refractivity contribution in [2.75, 3.05) is 11.1 Å². The third kappa shape index (κ3) is 3.20. The zero-order valence-corrected chi connectivity index (χ0v) is 13.3. The van der Waals surface area contributed by atoms with Crippen molar-refractivity contribution >= 4 is 22.5 Å². The highest BCUT2D eigenvalue weighted by atomic mass is 15.1. The van der Waals surface area contributed by atoms with Crippen molar-refractivity contribution < 1.29 is 0 Å². The van der Waals surface area contributed by atoms with Gasteiger partial charge in [-0.1, -0.05) is 12.1 Å². The summed E-state index contributed by atoms with van der Waals surface area (Å²) in [7, 11) is 0. The van der Waals surface area contributed by atoms with Crippen LogP contribution in [0.25, 0.3) is 22.3 Å². The predicted octanol–water partition coefficient (Wildman–Crippen LogP) is 2.68. The van der Waals surface area contributed by atoms with Crippen LogP contribution in [0.2, 0.25) is 0 Å². The van der Waals surface area contributed by atoms with Crippen molar-refractivity contribution in [1.82, 2.24) is 24.9 Å². The summed E-state index contributed by atoms with van der Waals surface area (Å²) in [5.41, 5.74) is 7.42. The molecule has 7 heteroatoms. The highest BCUT2D eigenvalue weighted by molar-refractivity contribution is 5.90. The molecule has 25 heavy (non-hydrogen) atoms. The minimum absolute atomic E-state index is 0.415. The van der Waals surface area contributed by atoms with Crippen molar-refractivity contribution in [2.45, 2.75) is 6.54 Å². The average molecular weight is 329 g/mol. The molecule has 0 amide bonds. The zero-order valence-electron chi connectivity index (χ0n) is 13.3. The Bertz CT molecular complexity index is 1020. The highest BCUT2D eigenvalue weighted by Crippen LogP contribution is 2.24. The van der Waals surface area contributed by atoms with E-state index in [0.717, 1.165) is 22.3 Å². The Morgan fingerprint density at radius 3 is 2.68 bits per heavy atom. The summed E-state index contributed by atoms with van der Waals surface area (Å²) in [5.74, 6) is 2.37. The summed E-state index contributed by atoms with van der Waals surface area (Å²) < 4.78 is 0. The van der Waals surface area contributed by atoms with Gasteiger partial charge in [0, 0.05) is 29.5 Å². The SMILES string of the molecule is Nc1ccnc(CNc2nc(-c3cccnc3)nc3ccccc23)n1. The number of hydrogen-bond acceptors (Lipinski definition) is 7. The Balaban J connectivity index is 1.73. The van der Waals surface area contributed by atoms with Gasteiger partial charge in [0.05, 0.1) is 12.1 Å². The molecule has 4 rings (SSSR count). The van der Waals surface area contributed by atoms with Crippen LogP contribution in [0.1, 0.15) is 5.82 Å². The summed E-state index contributed by atoms with van der Waals surface area (Å²) in [5, 5.41) is 4.22. The van der Waals surface area contributed by atoms with E-state index in [2.05, 4.69) is 30.2 Å². The number of pyridine rings is 1. The molecule has 0 saturated heterocycles. The fourth-order valence-electron chi connectivity index (χ4n) is 2.50. The van der Waals surface area contributed by atoms with Gasteiger partial charge in [0.1, 0.15) is 17.5 Å². The van der Waals surface area contributed by atoms with E-state index in [1.807, 2.05) is 36.4 Å². The number of hydrogen-bond donors (Lipinski definition) is 2. The molecule has 0 spiro atoms. The largest absolute Gasteiger partial charge is 0.384 e. The molecule has 3 aromatic heterocycles. The van der Waals surface area contributed by atoms with Gasteiger partial charge in [-0.15, -0.1) is 0 Å². The Morgan fingerprint density at radius 1 is 0.920 bits per heavy atom. The second kappa shape index (κ2) is 6.48. The summed E-state index contributed by atoms with van der Waals surface area (Å²) in [6, 6.07) is 13.3. The first-order valence-corrected chi connectivity index (χ1v) is 7.78. The lowest BCUT2D eigenvalue weighted by molar-refractivity contribution is 0.947. The highest BCUT2D eigenvalue weighted by Gasteiger charge is 2.09. The molecule has 0 aliphatic carbocycles. The number of rotatable bonds is 4. The maximum atomic E-state index is 5.71. The van der Waals surface area contributed by atoms with Crippen LogP contribution in [0.4, 0.5) is 11.6 Å². The topological polar surface area (TPSA) is 102 Å². The van der Waals surface area contributed by atoms with Crippen LogP contribution in [0.5, 0.6) is 0 Å². The Hall–Kier alpha value is -3.61. The number of nitrogens with zero attached hydrogens (tertiary/aromatic N) is 5. The molecule has 0 saturated carbocycles. The van der Waals surface area contributed by atoms with Crippen LogP contribution in [0.3, 0.4) is 0 Å². The van der Waals surface area contributed by atoms with Gasteiger partial charge in [-0.3, -0.25) is 4.98 Å². The van der Waals surface area contributed by atoms with E-state index < -0.39 is 0 Å². The number of para-hydroxylation sites is 1. The van der Waals surface area contributed by atoms with Crippen molar-refractivity contribution in [2.24, 2.45) is 0 Å². The van der Waals surface area contributed by atoms with Crippen molar-refractivity contribution in [3.8, 4) is 11.4 Å². The first kappa shape index (κ1) is 14.9. The van der Waals surface area contributed by atoms with E-state index in [4.69, 9.17) is 5.73 Å². The van der Waals surface area contributed by atoms with E-state index in [-0.39, 0.29) is 0 Å². The van der Waals surface area contributed by atoms with E-state index in [0.29, 0.717) is 24.0 Å². The first-order chi connectivity index (χ1) is 12.3. The smallest absolute Gasteiger partial charge is 0.163 e. The van der Waals surface area contributed by atoms with Gasteiger partial charge in [-0.05, 0) is 30.3 Å². The number of fused-ring (bicyclic) bond motifs is 1. The molecule has 3 heterocycles. The number of anilines is 2. The molecule has 0 unspecified atom stereocenters. The summed E-state index contributed by atoms with van der Waals surface area (Å²) >= 11 is 0. The minimum atomic E-state index is 0.415. The van der Waals surface area contributed by atoms with Crippen LogP contribution < -0.4 is 11.1 Å². The molecule has 1 aromatic carbocycles. The maximum Gasteiger partial charge on any atom is 0.163 e. The lowest BCUT2D eigenvalue weighted by Crippen LogP contribution is -2.08. The Labute approximate surface area is 144 Å². The zero-order chi connectivity index (χ0) is 17.1. The quantitative estimate of drug-likeness (QED) is 0.593. The molecule has 0 fully saturated rings. The van der Waals surface area contributed by atoms with Crippen molar-refractivity contribution in [3.05, 3.63) is 66.9 Å². The summed E-state index contributed by atoms with van der Waals surface area (Å²) in [4.78, 5) is 21.8. The summed E-state index contributed by atoms with van der Waals surface area (Å²) in [6.07, 6.45) is 5.11. The Kier molecular flexibility index (Phi) is 3.88. The standard InChI is InChI=1S/C18H15N7/c19-15-7-9-21-16(24-15)11-22-18-13-5-1-2-6-14(13)23-17(25-18)12-4-3-8-20-10-12/h1-10H,11H2,(H2,19,21,24)(H,22,23,25). The normalized spacial score (nSPS) is 10.7. The average Bonchev–Trinajstić information content (AvgIpc) is 2.66. The van der Waals surface area contributed by atoms with Gasteiger partial charge in [-0.25, -0.2) is 19.9 Å². The van der Waals surface area contributed by atoms with Crippen molar-refractivity contribution in [3.63, 3.8) is 0 Å². The molecule has 7 nitrogen and oxygen atoms in total. The Morgan fingerprint density at radius 2 is 1.84 bits per heavy atom. The molecular formula is C18H15N7. The fourth-order valence-corrected chi connectivity index (χ4v) is 2.50. The third-order valence-electron chi connectivity index (χ3n) is 3.66. The van der Waals surface area contributed by atoms with Gasteiger partial charge in [0.2, 0.25) is 0 Å². The molecule has 0 aliphatic rings. The lowest BCUT2D eigenvalue weighted by Gasteiger charge is -2.10. The van der Waals surface area contributed by atoms with E-state index >= 15 is 0 Å². The minimum Gasteiger partial charge on any atom is -0.384 e.